The van der Waals surface area contributed by atoms with Crippen molar-refractivity contribution in [3.63, 3.8) is 0 Å². The van der Waals surface area contributed by atoms with Crippen LogP contribution >= 0.6 is 0 Å². The van der Waals surface area contributed by atoms with E-state index in [0.29, 0.717) is 36.7 Å². The van der Waals surface area contributed by atoms with Gasteiger partial charge in [-0.05, 0) is 69.5 Å². The van der Waals surface area contributed by atoms with Crippen molar-refractivity contribution in [3.05, 3.63) is 76.5 Å². The fraction of sp³-hybridized carbons (Fsp3) is 0.375. The SMILES string of the molecule is Cc1cc(C)n(Cc2cccc(C(=O)N3CCC(NC(=O)c4ccc(C)o4)CC3)c2)n1. The number of benzene rings is 1. The first-order chi connectivity index (χ1) is 14.9. The summed E-state index contributed by atoms with van der Waals surface area (Å²) in [5.41, 5.74) is 3.82. The number of nitrogens with one attached hydrogen (secondary N) is 1. The molecule has 0 atom stereocenters. The van der Waals surface area contributed by atoms with E-state index in [1.165, 1.54) is 0 Å². The summed E-state index contributed by atoms with van der Waals surface area (Å²) in [5, 5.41) is 7.52. The van der Waals surface area contributed by atoms with E-state index < -0.39 is 0 Å². The van der Waals surface area contributed by atoms with E-state index in [-0.39, 0.29) is 17.9 Å². The van der Waals surface area contributed by atoms with Gasteiger partial charge in [-0.3, -0.25) is 14.3 Å². The van der Waals surface area contributed by atoms with Crippen molar-refractivity contribution in [2.45, 2.75) is 46.2 Å². The zero-order valence-corrected chi connectivity index (χ0v) is 18.2. The molecule has 1 aromatic carbocycles. The molecule has 4 rings (SSSR count). The Balaban J connectivity index is 1.34. The summed E-state index contributed by atoms with van der Waals surface area (Å²) in [6, 6.07) is 13.3. The molecule has 3 heterocycles. The highest BCUT2D eigenvalue weighted by Crippen LogP contribution is 2.17. The van der Waals surface area contributed by atoms with Crippen molar-refractivity contribution < 1.29 is 14.0 Å². The molecule has 31 heavy (non-hydrogen) atoms. The number of nitrogens with zero attached hydrogens (tertiary/aromatic N) is 3. The van der Waals surface area contributed by atoms with E-state index in [1.54, 1.807) is 12.1 Å². The van der Waals surface area contributed by atoms with E-state index in [2.05, 4.69) is 10.4 Å². The molecule has 162 valence electrons. The second kappa shape index (κ2) is 8.79. The topological polar surface area (TPSA) is 80.4 Å². The molecule has 7 nitrogen and oxygen atoms in total. The third-order valence-corrected chi connectivity index (χ3v) is 5.69. The zero-order chi connectivity index (χ0) is 22.0. The summed E-state index contributed by atoms with van der Waals surface area (Å²) in [4.78, 5) is 27.2. The Morgan fingerprint density at radius 1 is 1.10 bits per heavy atom. The predicted octanol–water partition coefficient (Wildman–Crippen LogP) is 3.48. The average Bonchev–Trinajstić information content (AvgIpc) is 3.33. The van der Waals surface area contributed by atoms with Crippen LogP contribution in [0.15, 0.2) is 46.9 Å². The van der Waals surface area contributed by atoms with Gasteiger partial charge in [0, 0.05) is 30.4 Å². The van der Waals surface area contributed by atoms with Gasteiger partial charge < -0.3 is 14.6 Å². The molecule has 2 aromatic heterocycles. The molecule has 3 aromatic rings. The highest BCUT2D eigenvalue weighted by atomic mass is 16.3. The minimum Gasteiger partial charge on any atom is -0.456 e. The molecule has 7 heteroatoms. The van der Waals surface area contributed by atoms with Crippen LogP contribution < -0.4 is 5.32 Å². The Bertz CT molecular complexity index is 1090. The number of furan rings is 1. The lowest BCUT2D eigenvalue weighted by Gasteiger charge is -2.32. The fourth-order valence-electron chi connectivity index (χ4n) is 4.03. The predicted molar refractivity (Wildman–Crippen MR) is 117 cm³/mol. The normalized spacial score (nSPS) is 14.6. The van der Waals surface area contributed by atoms with Crippen LogP contribution in [0.3, 0.4) is 0 Å². The molecule has 2 amide bonds. The number of piperidine rings is 1. The van der Waals surface area contributed by atoms with Crippen molar-refractivity contribution in [3.8, 4) is 0 Å². The number of hydrogen-bond acceptors (Lipinski definition) is 4. The smallest absolute Gasteiger partial charge is 0.287 e. The van der Waals surface area contributed by atoms with Gasteiger partial charge in [-0.15, -0.1) is 0 Å². The molecule has 0 unspecified atom stereocenters. The lowest BCUT2D eigenvalue weighted by molar-refractivity contribution is 0.0695. The number of likely N-dealkylation sites (tertiary alicyclic amines) is 1. The van der Waals surface area contributed by atoms with E-state index in [9.17, 15) is 9.59 Å². The third kappa shape index (κ3) is 4.87. The molecule has 0 bridgehead atoms. The Hall–Kier alpha value is -3.35. The third-order valence-electron chi connectivity index (χ3n) is 5.69. The largest absolute Gasteiger partial charge is 0.456 e. The number of rotatable bonds is 5. The van der Waals surface area contributed by atoms with Crippen LogP contribution in [-0.2, 0) is 6.54 Å². The molecule has 0 spiro atoms. The average molecular weight is 421 g/mol. The summed E-state index contributed by atoms with van der Waals surface area (Å²) in [6.07, 6.45) is 1.45. The first-order valence-electron chi connectivity index (χ1n) is 10.7. The van der Waals surface area contributed by atoms with Crippen LogP contribution in [0.2, 0.25) is 0 Å². The molecule has 1 aliphatic heterocycles. The van der Waals surface area contributed by atoms with Crippen LogP contribution in [0.1, 0.15) is 56.5 Å². The summed E-state index contributed by atoms with van der Waals surface area (Å²) < 4.78 is 7.34. The van der Waals surface area contributed by atoms with Crippen molar-refractivity contribution in [1.82, 2.24) is 20.0 Å². The summed E-state index contributed by atoms with van der Waals surface area (Å²) in [5.74, 6) is 0.873. The van der Waals surface area contributed by atoms with Crippen molar-refractivity contribution in [2.24, 2.45) is 0 Å². The minimum atomic E-state index is -0.199. The zero-order valence-electron chi connectivity index (χ0n) is 18.2. The minimum absolute atomic E-state index is 0.0293. The maximum Gasteiger partial charge on any atom is 0.287 e. The lowest BCUT2D eigenvalue weighted by atomic mass is 10.0. The highest BCUT2D eigenvalue weighted by Gasteiger charge is 2.25. The summed E-state index contributed by atoms with van der Waals surface area (Å²) in [6.45, 7) is 7.69. The Labute approximate surface area is 182 Å². The lowest BCUT2D eigenvalue weighted by Crippen LogP contribution is -2.46. The molecular formula is C24H28N4O3. The summed E-state index contributed by atoms with van der Waals surface area (Å²) >= 11 is 0. The number of hydrogen-bond donors (Lipinski definition) is 1. The molecule has 0 aliphatic carbocycles. The van der Waals surface area contributed by atoms with Crippen molar-refractivity contribution in [2.75, 3.05) is 13.1 Å². The van der Waals surface area contributed by atoms with Gasteiger partial charge in [0.2, 0.25) is 0 Å². The van der Waals surface area contributed by atoms with Crippen molar-refractivity contribution in [1.29, 1.82) is 0 Å². The Morgan fingerprint density at radius 2 is 1.87 bits per heavy atom. The fourth-order valence-corrected chi connectivity index (χ4v) is 4.03. The van der Waals surface area contributed by atoms with Gasteiger partial charge in [0.15, 0.2) is 5.76 Å². The monoisotopic (exact) mass is 420 g/mol. The van der Waals surface area contributed by atoms with Crippen LogP contribution in [0.4, 0.5) is 0 Å². The maximum absolute atomic E-state index is 13.0. The standard InChI is InChI=1S/C24H28N4O3/c1-16-13-17(2)28(26-16)15-19-5-4-6-20(14-19)24(30)27-11-9-21(10-12-27)25-23(29)22-8-7-18(3)31-22/h4-8,13-14,21H,9-12,15H2,1-3H3,(H,25,29). The van der Waals surface area contributed by atoms with Crippen LogP contribution in [-0.4, -0.2) is 45.6 Å². The molecule has 1 fully saturated rings. The summed E-state index contributed by atoms with van der Waals surface area (Å²) in [7, 11) is 0. The van der Waals surface area contributed by atoms with Crippen molar-refractivity contribution >= 4 is 11.8 Å². The van der Waals surface area contributed by atoms with Gasteiger partial charge in [-0.2, -0.15) is 5.10 Å². The molecular weight excluding hydrogens is 392 g/mol. The van der Waals surface area contributed by atoms with Gasteiger partial charge in [0.1, 0.15) is 5.76 Å². The van der Waals surface area contributed by atoms with Crippen LogP contribution in [0.25, 0.3) is 0 Å². The first-order valence-corrected chi connectivity index (χ1v) is 10.7. The Morgan fingerprint density at radius 3 is 2.52 bits per heavy atom. The quantitative estimate of drug-likeness (QED) is 0.685. The van der Waals surface area contributed by atoms with E-state index in [4.69, 9.17) is 4.42 Å². The van der Waals surface area contributed by atoms with Gasteiger partial charge in [0.05, 0.1) is 12.2 Å². The maximum atomic E-state index is 13.0. The van der Waals surface area contributed by atoms with Crippen LogP contribution in [0, 0.1) is 20.8 Å². The highest BCUT2D eigenvalue weighted by molar-refractivity contribution is 5.94. The second-order valence-corrected chi connectivity index (χ2v) is 8.24. The molecule has 0 radical (unpaired) electrons. The molecule has 0 saturated carbocycles. The van der Waals surface area contributed by atoms with Gasteiger partial charge in [-0.25, -0.2) is 0 Å². The van der Waals surface area contributed by atoms with Gasteiger partial charge >= 0.3 is 0 Å². The van der Waals surface area contributed by atoms with Gasteiger partial charge in [-0.1, -0.05) is 12.1 Å². The number of aromatic nitrogens is 2. The second-order valence-electron chi connectivity index (χ2n) is 8.24. The van der Waals surface area contributed by atoms with E-state index >= 15 is 0 Å². The van der Waals surface area contributed by atoms with E-state index in [1.807, 2.05) is 60.7 Å². The van der Waals surface area contributed by atoms with E-state index in [0.717, 1.165) is 29.8 Å². The molecule has 1 N–H and O–H groups in total. The number of carbonyl (C=O) groups is 2. The Kier molecular flexibility index (Phi) is 5.93. The van der Waals surface area contributed by atoms with Crippen LogP contribution in [0.5, 0.6) is 0 Å². The first kappa shape index (κ1) is 20.9. The number of amides is 2. The number of carbonyl (C=O) groups excluding carboxylic acids is 2. The number of aryl methyl sites for hydroxylation is 3. The molecule has 1 aliphatic rings. The van der Waals surface area contributed by atoms with Gasteiger partial charge in [0.25, 0.3) is 11.8 Å². The molecule has 1 saturated heterocycles.